The van der Waals surface area contributed by atoms with E-state index in [0.717, 1.165) is 126 Å². The van der Waals surface area contributed by atoms with Crippen LogP contribution in [0.25, 0.3) is 55.4 Å². The van der Waals surface area contributed by atoms with Gasteiger partial charge in [0.25, 0.3) is 0 Å². The van der Waals surface area contributed by atoms with E-state index in [9.17, 15) is 14.7 Å². The zero-order valence-corrected chi connectivity index (χ0v) is 38.8. The van der Waals surface area contributed by atoms with Gasteiger partial charge in [-0.05, 0) is 101 Å². The van der Waals surface area contributed by atoms with Crippen LogP contribution in [0.2, 0.25) is 0 Å². The number of hydrogen-bond acceptors (Lipinski definition) is 15. The van der Waals surface area contributed by atoms with Gasteiger partial charge in [-0.25, -0.2) is 34.7 Å². The Hall–Kier alpha value is -7.12. The first-order chi connectivity index (χ1) is 32.7. The Kier molecular flexibility index (Phi) is 12.4. The highest BCUT2D eigenvalue weighted by Gasteiger charge is 2.23. The number of thiazole rings is 2. The first-order valence-electron chi connectivity index (χ1n) is 22.3. The van der Waals surface area contributed by atoms with Crippen molar-refractivity contribution < 1.29 is 14.7 Å². The topological polar surface area (TPSA) is 180 Å². The van der Waals surface area contributed by atoms with E-state index in [1.807, 2.05) is 86.3 Å². The molecule has 0 radical (unpaired) electrons. The molecule has 2 fully saturated rings. The average Bonchev–Trinajstić information content (AvgIpc) is 4.14. The molecule has 0 atom stereocenters. The van der Waals surface area contributed by atoms with E-state index in [0.29, 0.717) is 22.0 Å². The number of rotatable bonds is 6. The van der Waals surface area contributed by atoms with Gasteiger partial charge in [0.2, 0.25) is 0 Å². The van der Waals surface area contributed by atoms with Crippen molar-refractivity contribution in [3.05, 3.63) is 124 Å². The van der Waals surface area contributed by atoms with Gasteiger partial charge in [0.15, 0.2) is 22.2 Å². The van der Waals surface area contributed by atoms with Crippen molar-refractivity contribution in [2.24, 2.45) is 0 Å². The minimum Gasteiger partial charge on any atom is -0.478 e. The van der Waals surface area contributed by atoms with Crippen LogP contribution >= 0.6 is 22.7 Å². The predicted molar refractivity (Wildman–Crippen MR) is 268 cm³/mol. The molecule has 18 heteroatoms. The molecule has 10 heterocycles. The number of nitrogens with zero attached hydrogens (tertiary/aromatic N) is 12. The molecule has 340 valence electrons. The second kappa shape index (κ2) is 19.0. The Labute approximate surface area is 393 Å². The molecule has 8 aromatic heterocycles. The molecule has 0 saturated carbocycles. The zero-order chi connectivity index (χ0) is 46.0. The molecule has 67 heavy (non-hydrogen) atoms. The Morgan fingerprint density at radius 3 is 1.61 bits per heavy atom. The van der Waals surface area contributed by atoms with Crippen molar-refractivity contribution in [3.8, 4) is 0 Å². The van der Waals surface area contributed by atoms with Crippen molar-refractivity contribution in [1.82, 2.24) is 48.5 Å². The number of carbonyl (C=O) groups is 2. The maximum atomic E-state index is 13.3. The van der Waals surface area contributed by atoms with E-state index in [1.165, 1.54) is 22.7 Å². The molecule has 0 spiro atoms. The van der Waals surface area contributed by atoms with Crippen LogP contribution in [0.15, 0.2) is 108 Å². The third-order valence-corrected chi connectivity index (χ3v) is 13.7. The number of pyridine rings is 4. The number of aromatic nitrogens is 8. The van der Waals surface area contributed by atoms with E-state index in [-0.39, 0.29) is 17.8 Å². The highest BCUT2D eigenvalue weighted by atomic mass is 32.1. The number of carboxylic acid groups (broad SMARTS) is 1. The second-order valence-electron chi connectivity index (χ2n) is 16.8. The number of para-hydroxylation sites is 4. The van der Waals surface area contributed by atoms with Crippen LogP contribution in [-0.2, 0) is 6.42 Å². The monoisotopic (exact) mass is 931 g/mol. The van der Waals surface area contributed by atoms with Crippen LogP contribution in [-0.4, -0.2) is 132 Å². The number of benzene rings is 2. The fraction of sp³-hybridized carbons (Fsp3) is 0.265. The van der Waals surface area contributed by atoms with Crippen molar-refractivity contribution >= 4 is 107 Å². The molecular weight excluding hydrogens is 883 g/mol. The lowest BCUT2D eigenvalue weighted by atomic mass is 10.1. The van der Waals surface area contributed by atoms with E-state index < -0.39 is 5.97 Å². The number of hydrogen-bond donors (Lipinski definition) is 2. The smallest absolute Gasteiger partial charge is 0.339 e. The summed E-state index contributed by atoms with van der Waals surface area (Å²) >= 11 is 2.94. The van der Waals surface area contributed by atoms with E-state index in [1.54, 1.807) is 18.5 Å². The quantitative estimate of drug-likeness (QED) is 0.155. The van der Waals surface area contributed by atoms with Crippen molar-refractivity contribution in [1.29, 1.82) is 0 Å². The molecule has 10 aromatic rings. The van der Waals surface area contributed by atoms with Gasteiger partial charge in [-0.15, -0.1) is 22.7 Å². The lowest BCUT2D eigenvalue weighted by Gasteiger charge is -2.22. The van der Waals surface area contributed by atoms with Crippen molar-refractivity contribution in [2.75, 3.05) is 82.0 Å². The third-order valence-electron chi connectivity index (χ3n) is 12.3. The van der Waals surface area contributed by atoms with Crippen LogP contribution < -0.4 is 15.5 Å². The number of fused-ring (bicyclic) bond motifs is 10. The number of imidazole rings is 2. The Balaban J connectivity index is 0.000000141. The van der Waals surface area contributed by atoms with E-state index in [2.05, 4.69) is 60.8 Å². The highest BCUT2D eigenvalue weighted by molar-refractivity contribution is 7.13. The van der Waals surface area contributed by atoms with Gasteiger partial charge in [-0.3, -0.25) is 13.6 Å². The van der Waals surface area contributed by atoms with Crippen LogP contribution in [0.4, 0.5) is 16.8 Å². The highest BCUT2D eigenvalue weighted by Crippen LogP contribution is 2.30. The predicted octanol–water partition coefficient (Wildman–Crippen LogP) is 7.66. The number of anilines is 3. The number of ketones is 1. The number of likely N-dealkylation sites (N-methyl/N-ethyl adjacent to an activating group) is 2. The average molecular weight is 932 g/mol. The summed E-state index contributed by atoms with van der Waals surface area (Å²) in [6, 6.07) is 27.4. The standard InChI is InChI=1S/C25H24N6OS.C21H21N5O2.C3H4N2S/c1-29-10-4-11-30(13-12-29)22-8-7-17-15-18(21(32)16-23-26-9-14-33-23)25-27-19-5-2-3-6-20(19)31(25)24(17)28-22;1-24-9-4-10-25(12-11-24)18-8-7-14-13-15(21(27)28)20-22-16-5-2-3-6-17(16)26(20)19(14)23-18;4-3-5-1-2-6-3/h2-3,5-9,14-15H,4,10-13,16H2,1H3;2-3,5-8,13H,4,9-12H2,1H3,(H,27,28);1-2H,(H2,4,5). The SMILES string of the molecule is CN1CCCN(c2ccc3cc(C(=O)Cc4nccs4)c4nc5ccccc5n4c3n2)CC1.CN1CCCN(c2ccc3cc(C(=O)O)c4nc5ccccc5n4c3n2)CC1.Nc1nccs1. The molecule has 2 aliphatic rings. The third kappa shape index (κ3) is 9.08. The van der Waals surface area contributed by atoms with Gasteiger partial charge >= 0.3 is 5.97 Å². The van der Waals surface area contributed by atoms with Gasteiger partial charge in [0.05, 0.1) is 34.1 Å². The molecule has 2 saturated heterocycles. The van der Waals surface area contributed by atoms with Gasteiger partial charge < -0.3 is 30.4 Å². The summed E-state index contributed by atoms with van der Waals surface area (Å²) in [4.78, 5) is 62.0. The number of carbonyl (C=O) groups excluding carboxylic acids is 1. The summed E-state index contributed by atoms with van der Waals surface area (Å²) in [7, 11) is 4.31. The summed E-state index contributed by atoms with van der Waals surface area (Å²) in [5.74, 6) is 0.928. The normalized spacial score (nSPS) is 15.1. The number of carboxylic acids is 1. The minimum atomic E-state index is -0.984. The first kappa shape index (κ1) is 43.8. The molecular formula is C49H49N13O3S2. The second-order valence-corrected chi connectivity index (χ2v) is 18.7. The van der Waals surface area contributed by atoms with Crippen LogP contribution in [0, 0.1) is 0 Å². The van der Waals surface area contributed by atoms with Gasteiger partial charge in [0, 0.05) is 73.2 Å². The lowest BCUT2D eigenvalue weighted by Crippen LogP contribution is -2.29. The van der Waals surface area contributed by atoms with Crippen LogP contribution in [0.1, 0.15) is 38.6 Å². The maximum Gasteiger partial charge on any atom is 0.339 e. The fourth-order valence-corrected chi connectivity index (χ4v) is 9.84. The number of nitrogen functional groups attached to an aromatic ring is 1. The number of Topliss-reactive ketones (excluding diaryl/α,β-unsaturated/α-hetero) is 1. The molecule has 3 N–H and O–H groups in total. The Morgan fingerprint density at radius 1 is 0.597 bits per heavy atom. The van der Waals surface area contributed by atoms with Gasteiger partial charge in [0.1, 0.15) is 33.5 Å². The maximum absolute atomic E-state index is 13.3. The first-order valence-corrected chi connectivity index (χ1v) is 24.0. The summed E-state index contributed by atoms with van der Waals surface area (Å²) in [5.41, 5.74) is 12.1. The van der Waals surface area contributed by atoms with Crippen molar-refractivity contribution in [3.63, 3.8) is 0 Å². The lowest BCUT2D eigenvalue weighted by molar-refractivity contribution is 0.0698. The zero-order valence-electron chi connectivity index (χ0n) is 37.2. The van der Waals surface area contributed by atoms with Gasteiger partial charge in [-0.2, -0.15) is 0 Å². The minimum absolute atomic E-state index is 0.0202. The summed E-state index contributed by atoms with van der Waals surface area (Å²) in [6.45, 7) is 8.04. The number of nitrogens with two attached hydrogens (primary N) is 1. The van der Waals surface area contributed by atoms with E-state index in [4.69, 9.17) is 20.7 Å². The van der Waals surface area contributed by atoms with Crippen LogP contribution in [0.5, 0.6) is 0 Å². The fourth-order valence-electron chi connectivity index (χ4n) is 8.84. The molecule has 16 nitrogen and oxygen atoms in total. The summed E-state index contributed by atoms with van der Waals surface area (Å²) in [5, 5.41) is 16.6. The Bertz CT molecular complexity index is 3390. The summed E-state index contributed by atoms with van der Waals surface area (Å²) in [6.07, 6.45) is 5.90. The van der Waals surface area contributed by atoms with Crippen molar-refractivity contribution in [2.45, 2.75) is 19.3 Å². The molecule has 0 bridgehead atoms. The molecule has 0 amide bonds. The summed E-state index contributed by atoms with van der Waals surface area (Å²) < 4.78 is 3.93. The van der Waals surface area contributed by atoms with E-state index >= 15 is 0 Å². The Morgan fingerprint density at radius 2 is 1.12 bits per heavy atom. The molecule has 2 aromatic carbocycles. The largest absolute Gasteiger partial charge is 0.478 e. The molecule has 0 unspecified atom stereocenters. The van der Waals surface area contributed by atoms with Gasteiger partial charge in [-0.1, -0.05) is 24.3 Å². The molecule has 12 rings (SSSR count). The molecule has 0 aliphatic carbocycles. The van der Waals surface area contributed by atoms with Crippen LogP contribution in [0.3, 0.4) is 0 Å². The number of aromatic carboxylic acids is 1. The molecule has 2 aliphatic heterocycles.